The number of phenols is 1. The van der Waals surface area contributed by atoms with Crippen LogP contribution in [0.2, 0.25) is 5.02 Å². The molecule has 0 bridgehead atoms. The molecule has 5 heteroatoms. The van der Waals surface area contributed by atoms with E-state index in [-0.39, 0.29) is 17.4 Å². The van der Waals surface area contributed by atoms with Crippen LogP contribution in [0.3, 0.4) is 0 Å². The van der Waals surface area contributed by atoms with Gasteiger partial charge in [0.25, 0.3) is 0 Å². The van der Waals surface area contributed by atoms with Crippen LogP contribution in [-0.2, 0) is 4.79 Å². The molecule has 0 radical (unpaired) electrons. The molecule has 104 valence electrons. The van der Waals surface area contributed by atoms with Gasteiger partial charge >= 0.3 is 0 Å². The second kappa shape index (κ2) is 6.68. The summed E-state index contributed by atoms with van der Waals surface area (Å²) in [6.07, 6.45) is 0. The first-order valence-electron chi connectivity index (χ1n) is 6.02. The van der Waals surface area contributed by atoms with E-state index in [9.17, 15) is 9.90 Å². The third-order valence-electron chi connectivity index (χ3n) is 2.61. The van der Waals surface area contributed by atoms with E-state index in [0.29, 0.717) is 10.7 Å². The Morgan fingerprint density at radius 1 is 1.25 bits per heavy atom. The first-order valence-corrected chi connectivity index (χ1v) is 7.39. The van der Waals surface area contributed by atoms with Crippen molar-refractivity contribution in [2.24, 2.45) is 0 Å². The molecule has 0 unspecified atom stereocenters. The van der Waals surface area contributed by atoms with E-state index in [1.807, 2.05) is 19.1 Å². The normalized spacial score (nSPS) is 10.3. The first kappa shape index (κ1) is 14.8. The molecule has 0 atom stereocenters. The number of phenolic OH excluding ortho intramolecular Hbond substituents is 1. The van der Waals surface area contributed by atoms with Crippen LogP contribution < -0.4 is 5.32 Å². The van der Waals surface area contributed by atoms with Gasteiger partial charge in [0.05, 0.1) is 16.5 Å². The highest BCUT2D eigenvalue weighted by Crippen LogP contribution is 2.24. The van der Waals surface area contributed by atoms with Crippen LogP contribution in [-0.4, -0.2) is 16.8 Å². The molecule has 0 heterocycles. The Morgan fingerprint density at radius 2 is 1.95 bits per heavy atom. The predicted molar refractivity (Wildman–Crippen MR) is 83.6 cm³/mol. The number of aryl methyl sites for hydroxylation is 1. The largest absolute Gasteiger partial charge is 0.508 e. The van der Waals surface area contributed by atoms with Gasteiger partial charge in [-0.15, -0.1) is 11.8 Å². The molecular weight excluding hydrogens is 294 g/mol. The number of rotatable bonds is 4. The van der Waals surface area contributed by atoms with E-state index in [1.54, 1.807) is 30.3 Å². The van der Waals surface area contributed by atoms with Gasteiger partial charge in [-0.2, -0.15) is 0 Å². The molecule has 2 N–H and O–H groups in total. The lowest BCUT2D eigenvalue weighted by Crippen LogP contribution is -2.14. The maximum Gasteiger partial charge on any atom is 0.234 e. The van der Waals surface area contributed by atoms with Gasteiger partial charge in [0.1, 0.15) is 5.75 Å². The molecule has 2 aromatic carbocycles. The van der Waals surface area contributed by atoms with E-state index in [4.69, 9.17) is 11.6 Å². The Labute approximate surface area is 127 Å². The Morgan fingerprint density at radius 3 is 2.60 bits per heavy atom. The highest BCUT2D eigenvalue weighted by molar-refractivity contribution is 8.00. The molecule has 0 saturated carbocycles. The zero-order valence-corrected chi connectivity index (χ0v) is 12.5. The Bertz CT molecular complexity index is 614. The monoisotopic (exact) mass is 307 g/mol. The molecule has 3 nitrogen and oxygen atoms in total. The molecule has 0 saturated heterocycles. The fourth-order valence-corrected chi connectivity index (χ4v) is 2.58. The molecule has 2 aromatic rings. The van der Waals surface area contributed by atoms with E-state index < -0.39 is 0 Å². The first-order chi connectivity index (χ1) is 9.54. The fourth-order valence-electron chi connectivity index (χ4n) is 1.60. The van der Waals surface area contributed by atoms with Crippen LogP contribution in [0.4, 0.5) is 5.69 Å². The van der Waals surface area contributed by atoms with E-state index in [1.165, 1.54) is 11.8 Å². The summed E-state index contributed by atoms with van der Waals surface area (Å²) >= 11 is 7.46. The summed E-state index contributed by atoms with van der Waals surface area (Å²) in [5, 5.41) is 12.5. The van der Waals surface area contributed by atoms with Gasteiger partial charge in [-0.3, -0.25) is 4.79 Å². The molecular formula is C15H14ClNO2S. The van der Waals surface area contributed by atoms with Crippen molar-refractivity contribution in [2.75, 3.05) is 11.1 Å². The second-order valence-electron chi connectivity index (χ2n) is 4.31. The van der Waals surface area contributed by atoms with Crippen LogP contribution >= 0.6 is 23.4 Å². The quantitative estimate of drug-likeness (QED) is 0.837. The van der Waals surface area contributed by atoms with Crippen molar-refractivity contribution in [3.63, 3.8) is 0 Å². The topological polar surface area (TPSA) is 49.3 Å². The lowest BCUT2D eigenvalue weighted by atomic mass is 10.2. The minimum absolute atomic E-state index is 0.117. The van der Waals surface area contributed by atoms with Crippen molar-refractivity contribution in [1.29, 1.82) is 0 Å². The van der Waals surface area contributed by atoms with Gasteiger partial charge in [0, 0.05) is 4.90 Å². The number of carbonyl (C=O) groups is 1. The Kier molecular flexibility index (Phi) is 4.93. The molecule has 0 fully saturated rings. The number of nitrogens with one attached hydrogen (secondary N) is 1. The van der Waals surface area contributed by atoms with Crippen molar-refractivity contribution in [3.05, 3.63) is 53.1 Å². The van der Waals surface area contributed by atoms with Gasteiger partial charge in [0.2, 0.25) is 5.91 Å². The van der Waals surface area contributed by atoms with Crippen LogP contribution in [0.15, 0.2) is 47.4 Å². The van der Waals surface area contributed by atoms with Gasteiger partial charge in [-0.25, -0.2) is 0 Å². The molecule has 0 aliphatic carbocycles. The molecule has 2 rings (SSSR count). The maximum absolute atomic E-state index is 11.8. The average Bonchev–Trinajstić information content (AvgIpc) is 2.41. The Hall–Kier alpha value is -1.65. The van der Waals surface area contributed by atoms with Gasteiger partial charge in [0.15, 0.2) is 0 Å². The van der Waals surface area contributed by atoms with Gasteiger partial charge < -0.3 is 10.4 Å². The summed E-state index contributed by atoms with van der Waals surface area (Å²) in [4.78, 5) is 12.8. The van der Waals surface area contributed by atoms with E-state index in [0.717, 1.165) is 10.5 Å². The standard InChI is InChI=1S/C15H14ClNO2S/c1-10-2-7-14(13(16)8-10)17-15(19)9-20-12-5-3-11(18)4-6-12/h2-8,18H,9H2,1H3,(H,17,19). The smallest absolute Gasteiger partial charge is 0.234 e. The maximum atomic E-state index is 11.8. The second-order valence-corrected chi connectivity index (χ2v) is 5.77. The SMILES string of the molecule is Cc1ccc(NC(=O)CSc2ccc(O)cc2)c(Cl)c1. The van der Waals surface area contributed by atoms with Crippen molar-refractivity contribution in [1.82, 2.24) is 0 Å². The number of hydrogen-bond donors (Lipinski definition) is 2. The van der Waals surface area contributed by atoms with Gasteiger partial charge in [-0.1, -0.05) is 17.7 Å². The summed E-state index contributed by atoms with van der Waals surface area (Å²) in [5.74, 6) is 0.383. The summed E-state index contributed by atoms with van der Waals surface area (Å²) in [5.41, 5.74) is 1.67. The summed E-state index contributed by atoms with van der Waals surface area (Å²) in [6, 6.07) is 12.2. The summed E-state index contributed by atoms with van der Waals surface area (Å²) in [7, 11) is 0. The average molecular weight is 308 g/mol. The van der Waals surface area contributed by atoms with E-state index in [2.05, 4.69) is 5.32 Å². The van der Waals surface area contributed by atoms with Crippen LogP contribution in [0.5, 0.6) is 5.75 Å². The predicted octanol–water partition coefficient (Wildman–Crippen LogP) is 4.08. The molecule has 0 aliphatic heterocycles. The molecule has 0 aliphatic rings. The zero-order chi connectivity index (χ0) is 14.5. The number of carbonyl (C=O) groups excluding carboxylic acids is 1. The fraction of sp³-hybridized carbons (Fsp3) is 0.133. The number of hydrogen-bond acceptors (Lipinski definition) is 3. The third kappa shape index (κ3) is 4.18. The highest BCUT2D eigenvalue weighted by atomic mass is 35.5. The minimum Gasteiger partial charge on any atom is -0.508 e. The van der Waals surface area contributed by atoms with E-state index >= 15 is 0 Å². The molecule has 0 aromatic heterocycles. The molecule has 0 spiro atoms. The van der Waals surface area contributed by atoms with Crippen molar-refractivity contribution in [3.8, 4) is 5.75 Å². The number of thioether (sulfide) groups is 1. The lowest BCUT2D eigenvalue weighted by molar-refractivity contribution is -0.113. The van der Waals surface area contributed by atoms with Crippen LogP contribution in [0.1, 0.15) is 5.56 Å². The van der Waals surface area contributed by atoms with Crippen molar-refractivity contribution < 1.29 is 9.90 Å². The zero-order valence-electron chi connectivity index (χ0n) is 10.9. The summed E-state index contributed by atoms with van der Waals surface area (Å²) < 4.78 is 0. The van der Waals surface area contributed by atoms with Crippen LogP contribution in [0.25, 0.3) is 0 Å². The number of benzene rings is 2. The number of aromatic hydroxyl groups is 1. The number of halogens is 1. The lowest BCUT2D eigenvalue weighted by Gasteiger charge is -2.08. The van der Waals surface area contributed by atoms with Crippen molar-refractivity contribution in [2.45, 2.75) is 11.8 Å². The number of anilines is 1. The third-order valence-corrected chi connectivity index (χ3v) is 3.93. The summed E-state index contributed by atoms with van der Waals surface area (Å²) in [6.45, 7) is 1.94. The Balaban J connectivity index is 1.90. The van der Waals surface area contributed by atoms with Crippen molar-refractivity contribution >= 4 is 35.0 Å². The highest BCUT2D eigenvalue weighted by Gasteiger charge is 2.06. The van der Waals surface area contributed by atoms with Gasteiger partial charge in [-0.05, 0) is 48.9 Å². The minimum atomic E-state index is -0.117. The molecule has 20 heavy (non-hydrogen) atoms. The van der Waals surface area contributed by atoms with Crippen LogP contribution in [0, 0.1) is 6.92 Å². The number of amides is 1. The molecule has 1 amide bonds.